The highest BCUT2D eigenvalue weighted by molar-refractivity contribution is 5.69. The van der Waals surface area contributed by atoms with E-state index in [4.69, 9.17) is 9.47 Å². The summed E-state index contributed by atoms with van der Waals surface area (Å²) in [6.07, 6.45) is 2.57. The van der Waals surface area contributed by atoms with Gasteiger partial charge in [-0.05, 0) is 44.5 Å². The second-order valence-electron chi connectivity index (χ2n) is 6.14. The quantitative estimate of drug-likeness (QED) is 0.631. The van der Waals surface area contributed by atoms with E-state index in [0.29, 0.717) is 13.2 Å². The maximum atomic E-state index is 12.1. The molecule has 2 rings (SSSR count). The van der Waals surface area contributed by atoms with Gasteiger partial charge < -0.3 is 9.47 Å². The van der Waals surface area contributed by atoms with Crippen LogP contribution in [0.1, 0.15) is 26.3 Å². The molecule has 1 atom stereocenters. The number of hydrogen-bond acceptors (Lipinski definition) is 5. The molecular formula is C16H20N2O5. The smallest absolute Gasteiger partial charge is 0.412 e. The molecule has 124 valence electrons. The van der Waals surface area contributed by atoms with Crippen LogP contribution in [0.15, 0.2) is 30.3 Å². The maximum Gasteiger partial charge on any atom is 0.412 e. The number of hydrogen-bond donors (Lipinski definition) is 0. The van der Waals surface area contributed by atoms with Gasteiger partial charge in [0.2, 0.25) is 0 Å². The van der Waals surface area contributed by atoms with Crippen LogP contribution in [0.5, 0.6) is 0 Å². The molecule has 1 unspecified atom stereocenters. The molecule has 7 heteroatoms. The molecule has 1 heterocycles. The molecule has 23 heavy (non-hydrogen) atoms. The van der Waals surface area contributed by atoms with E-state index in [1.54, 1.807) is 24.3 Å². The van der Waals surface area contributed by atoms with Crippen molar-refractivity contribution in [2.24, 2.45) is 0 Å². The highest BCUT2D eigenvalue weighted by Crippen LogP contribution is 2.19. The Kier molecular flexibility index (Phi) is 5.00. The molecule has 0 aromatic heterocycles. The number of carbonyl (C=O) groups excluding carboxylic acids is 1. The van der Waals surface area contributed by atoms with E-state index in [0.717, 1.165) is 5.56 Å². The molecule has 1 aromatic rings. The van der Waals surface area contributed by atoms with Crippen LogP contribution in [-0.2, 0) is 9.47 Å². The topological polar surface area (TPSA) is 81.9 Å². The molecule has 7 nitrogen and oxygen atoms in total. The third-order valence-corrected chi connectivity index (χ3v) is 3.11. The first-order chi connectivity index (χ1) is 10.8. The van der Waals surface area contributed by atoms with Gasteiger partial charge in [-0.3, -0.25) is 15.0 Å². The normalized spacial score (nSPS) is 18.4. The first kappa shape index (κ1) is 17.0. The van der Waals surface area contributed by atoms with E-state index in [-0.39, 0.29) is 5.69 Å². The third kappa shape index (κ3) is 4.79. The average Bonchev–Trinajstić information content (AvgIpc) is 2.92. The summed E-state index contributed by atoms with van der Waals surface area (Å²) in [7, 11) is 0. The van der Waals surface area contributed by atoms with Crippen LogP contribution in [0.3, 0.4) is 0 Å². The molecule has 0 radical (unpaired) electrons. The van der Waals surface area contributed by atoms with Crippen molar-refractivity contribution >= 4 is 17.9 Å². The standard InChI is InChI=1S/C16H20N2O5/c1-16(2,3)23-15(19)17-10-11-22-14(17)9-6-12-4-7-13(8-5-12)18(20)21/h4-9,14H,10-11H2,1-3H3/b9-6+. The Morgan fingerprint density at radius 3 is 2.61 bits per heavy atom. The number of nitro groups is 1. The fraction of sp³-hybridized carbons (Fsp3) is 0.438. The van der Waals surface area contributed by atoms with Crippen LogP contribution in [0.2, 0.25) is 0 Å². The van der Waals surface area contributed by atoms with Crippen molar-refractivity contribution in [2.75, 3.05) is 13.2 Å². The minimum Gasteiger partial charge on any atom is -0.444 e. The molecule has 0 spiro atoms. The second kappa shape index (κ2) is 6.78. The lowest BCUT2D eigenvalue weighted by Crippen LogP contribution is -2.39. The van der Waals surface area contributed by atoms with Crippen molar-refractivity contribution in [3.05, 3.63) is 46.0 Å². The van der Waals surface area contributed by atoms with Gasteiger partial charge in [-0.2, -0.15) is 0 Å². The summed E-state index contributed by atoms with van der Waals surface area (Å²) in [5, 5.41) is 10.6. The van der Waals surface area contributed by atoms with Gasteiger partial charge in [-0.25, -0.2) is 4.79 Å². The van der Waals surface area contributed by atoms with Gasteiger partial charge in [0.15, 0.2) is 6.23 Å². The lowest BCUT2D eigenvalue weighted by atomic mass is 10.2. The Morgan fingerprint density at radius 2 is 2.04 bits per heavy atom. The van der Waals surface area contributed by atoms with Gasteiger partial charge in [0.25, 0.3) is 5.69 Å². The number of carbonyl (C=O) groups is 1. The van der Waals surface area contributed by atoms with Gasteiger partial charge in [0, 0.05) is 12.1 Å². The lowest BCUT2D eigenvalue weighted by Gasteiger charge is -2.26. The van der Waals surface area contributed by atoms with Crippen molar-refractivity contribution in [1.82, 2.24) is 4.90 Å². The van der Waals surface area contributed by atoms with Crippen molar-refractivity contribution in [2.45, 2.75) is 32.6 Å². The number of non-ortho nitro benzene ring substituents is 1. The summed E-state index contributed by atoms with van der Waals surface area (Å²) >= 11 is 0. The summed E-state index contributed by atoms with van der Waals surface area (Å²) in [5.41, 5.74) is 0.261. The first-order valence-corrected chi connectivity index (χ1v) is 7.30. The molecule has 1 saturated heterocycles. The summed E-state index contributed by atoms with van der Waals surface area (Å²) in [4.78, 5) is 23.8. The van der Waals surface area contributed by atoms with E-state index < -0.39 is 22.8 Å². The van der Waals surface area contributed by atoms with E-state index in [1.807, 2.05) is 20.8 Å². The first-order valence-electron chi connectivity index (χ1n) is 7.30. The zero-order valence-corrected chi connectivity index (χ0v) is 13.4. The van der Waals surface area contributed by atoms with Crippen LogP contribution in [0, 0.1) is 10.1 Å². The van der Waals surface area contributed by atoms with Crippen LogP contribution in [0.25, 0.3) is 6.08 Å². The Labute approximate surface area is 134 Å². The predicted octanol–water partition coefficient (Wildman–Crippen LogP) is 3.20. The molecular weight excluding hydrogens is 300 g/mol. The van der Waals surface area contributed by atoms with E-state index in [2.05, 4.69) is 0 Å². The largest absolute Gasteiger partial charge is 0.444 e. The van der Waals surface area contributed by atoms with Crippen molar-refractivity contribution in [1.29, 1.82) is 0 Å². The SMILES string of the molecule is CC(C)(C)OC(=O)N1CCOC1/C=C/c1ccc([N+](=O)[O-])cc1. The van der Waals surface area contributed by atoms with E-state index >= 15 is 0 Å². The molecule has 0 aliphatic carbocycles. The fourth-order valence-electron chi connectivity index (χ4n) is 2.06. The van der Waals surface area contributed by atoms with Crippen LogP contribution < -0.4 is 0 Å². The zero-order valence-electron chi connectivity index (χ0n) is 13.4. The van der Waals surface area contributed by atoms with Crippen molar-refractivity contribution in [3.63, 3.8) is 0 Å². The molecule has 0 saturated carbocycles. The van der Waals surface area contributed by atoms with Crippen LogP contribution in [0.4, 0.5) is 10.5 Å². The minimum atomic E-state index is -0.563. The van der Waals surface area contributed by atoms with Crippen molar-refractivity contribution in [3.8, 4) is 0 Å². The molecule has 1 amide bonds. The van der Waals surface area contributed by atoms with Crippen LogP contribution in [-0.4, -0.2) is 40.9 Å². The summed E-state index contributed by atoms with van der Waals surface area (Å²) in [5.74, 6) is 0. The molecule has 1 aliphatic heterocycles. The van der Waals surface area contributed by atoms with Crippen LogP contribution >= 0.6 is 0 Å². The number of nitro benzene ring substituents is 1. The Balaban J connectivity index is 2.03. The van der Waals surface area contributed by atoms with Gasteiger partial charge in [0.05, 0.1) is 18.1 Å². The predicted molar refractivity (Wildman–Crippen MR) is 84.8 cm³/mol. The van der Waals surface area contributed by atoms with Gasteiger partial charge in [0.1, 0.15) is 5.60 Å². The molecule has 1 aliphatic rings. The molecule has 1 aromatic carbocycles. The Bertz CT molecular complexity index is 604. The van der Waals surface area contributed by atoms with E-state index in [1.165, 1.54) is 17.0 Å². The number of ether oxygens (including phenoxy) is 2. The molecule has 0 N–H and O–H groups in total. The monoisotopic (exact) mass is 320 g/mol. The highest BCUT2D eigenvalue weighted by atomic mass is 16.6. The Morgan fingerprint density at radius 1 is 1.39 bits per heavy atom. The minimum absolute atomic E-state index is 0.0367. The van der Waals surface area contributed by atoms with E-state index in [9.17, 15) is 14.9 Å². The highest BCUT2D eigenvalue weighted by Gasteiger charge is 2.31. The summed E-state index contributed by atoms with van der Waals surface area (Å²) in [6, 6.07) is 6.14. The zero-order chi connectivity index (χ0) is 17.0. The van der Waals surface area contributed by atoms with Gasteiger partial charge in [-0.15, -0.1) is 0 Å². The maximum absolute atomic E-state index is 12.1. The summed E-state index contributed by atoms with van der Waals surface area (Å²) in [6.45, 7) is 6.33. The van der Waals surface area contributed by atoms with Crippen molar-refractivity contribution < 1.29 is 19.2 Å². The second-order valence-corrected chi connectivity index (χ2v) is 6.14. The number of nitrogens with zero attached hydrogens (tertiary/aromatic N) is 2. The molecule has 0 bridgehead atoms. The van der Waals surface area contributed by atoms with Gasteiger partial charge in [-0.1, -0.05) is 6.08 Å². The lowest BCUT2D eigenvalue weighted by molar-refractivity contribution is -0.384. The summed E-state index contributed by atoms with van der Waals surface area (Å²) < 4.78 is 10.9. The Hall–Kier alpha value is -2.41. The third-order valence-electron chi connectivity index (χ3n) is 3.11. The number of rotatable bonds is 3. The average molecular weight is 320 g/mol. The number of amides is 1. The molecule has 1 fully saturated rings. The number of benzene rings is 1. The van der Waals surface area contributed by atoms with Gasteiger partial charge >= 0.3 is 6.09 Å². The fourth-order valence-corrected chi connectivity index (χ4v) is 2.06.